The predicted molar refractivity (Wildman–Crippen MR) is 63.7 cm³/mol. The molecule has 4 atom stereocenters. The minimum absolute atomic E-state index is 0.308. The minimum atomic E-state index is -1.000. The van der Waals surface area contributed by atoms with Gasteiger partial charge in [-0.3, -0.25) is 9.55 Å². The fraction of sp³-hybridized carbons (Fsp3) is 0.600. The van der Waals surface area contributed by atoms with Gasteiger partial charge >= 0.3 is 5.69 Å². The number of H-pyrrole nitrogens is 1. The zero-order chi connectivity index (χ0) is 13.3. The van der Waals surface area contributed by atoms with Crippen molar-refractivity contribution in [1.29, 1.82) is 0 Å². The lowest BCUT2D eigenvalue weighted by Gasteiger charge is -2.20. The zero-order valence-electron chi connectivity index (χ0n) is 9.65. The molecule has 0 aliphatic carbocycles. The molecule has 0 amide bonds. The van der Waals surface area contributed by atoms with Crippen LogP contribution in [-0.2, 0) is 9.47 Å². The zero-order valence-corrected chi connectivity index (χ0v) is 10.5. The van der Waals surface area contributed by atoms with E-state index in [9.17, 15) is 9.90 Å². The van der Waals surface area contributed by atoms with Gasteiger partial charge in [-0.15, -0.1) is 0 Å². The molecule has 3 N–H and O–H groups in total. The molecule has 1 aliphatic heterocycles. The van der Waals surface area contributed by atoms with E-state index in [1.165, 1.54) is 23.9 Å². The van der Waals surface area contributed by atoms with Crippen LogP contribution < -0.4 is 5.69 Å². The second-order valence-corrected chi connectivity index (χ2v) is 4.40. The molecular weight excluding hydrogens is 260 g/mol. The number of rotatable bonds is 3. The quantitative estimate of drug-likeness (QED) is 0.623. The Morgan fingerprint density at radius 1 is 1.67 bits per heavy atom. The Kier molecular flexibility index (Phi) is 3.93. The van der Waals surface area contributed by atoms with E-state index in [0.29, 0.717) is 4.64 Å². The third-order valence-electron chi connectivity index (χ3n) is 2.89. The van der Waals surface area contributed by atoms with E-state index in [1.54, 1.807) is 0 Å². The number of ether oxygens (including phenoxy) is 2. The van der Waals surface area contributed by atoms with Crippen LogP contribution in [0.5, 0.6) is 0 Å². The van der Waals surface area contributed by atoms with Crippen molar-refractivity contribution in [3.05, 3.63) is 27.4 Å². The molecule has 1 aromatic rings. The fourth-order valence-electron chi connectivity index (χ4n) is 1.98. The molecule has 0 radical (unpaired) electrons. The van der Waals surface area contributed by atoms with Crippen LogP contribution >= 0.6 is 12.2 Å². The highest BCUT2D eigenvalue weighted by molar-refractivity contribution is 7.71. The first-order valence-electron chi connectivity index (χ1n) is 5.37. The highest BCUT2D eigenvalue weighted by Crippen LogP contribution is 2.29. The van der Waals surface area contributed by atoms with Gasteiger partial charge in [-0.25, -0.2) is 4.79 Å². The maximum absolute atomic E-state index is 11.8. The van der Waals surface area contributed by atoms with Gasteiger partial charge in [0, 0.05) is 13.3 Å². The Morgan fingerprint density at radius 3 is 2.94 bits per heavy atom. The molecule has 1 fully saturated rings. The van der Waals surface area contributed by atoms with Gasteiger partial charge in [0.05, 0.1) is 6.61 Å². The van der Waals surface area contributed by atoms with Crippen molar-refractivity contribution in [3.8, 4) is 0 Å². The molecule has 18 heavy (non-hydrogen) atoms. The first-order valence-corrected chi connectivity index (χ1v) is 5.78. The maximum Gasteiger partial charge on any atom is 0.328 e. The lowest BCUT2D eigenvalue weighted by atomic mass is 10.1. The van der Waals surface area contributed by atoms with Gasteiger partial charge in [0.2, 0.25) is 0 Å². The van der Waals surface area contributed by atoms with Gasteiger partial charge in [-0.05, 0) is 6.07 Å². The lowest BCUT2D eigenvalue weighted by molar-refractivity contribution is -0.0625. The van der Waals surface area contributed by atoms with Crippen LogP contribution in [0.4, 0.5) is 0 Å². The summed E-state index contributed by atoms with van der Waals surface area (Å²) in [6.07, 6.45) is -1.86. The third-order valence-corrected chi connectivity index (χ3v) is 3.13. The van der Waals surface area contributed by atoms with E-state index in [4.69, 9.17) is 26.8 Å². The maximum atomic E-state index is 11.8. The van der Waals surface area contributed by atoms with Gasteiger partial charge in [-0.2, -0.15) is 0 Å². The molecule has 1 aliphatic rings. The van der Waals surface area contributed by atoms with Crippen LogP contribution in [0.15, 0.2) is 17.1 Å². The Bertz CT molecular complexity index is 527. The Morgan fingerprint density at radius 2 is 2.39 bits per heavy atom. The Labute approximate surface area is 108 Å². The van der Waals surface area contributed by atoms with E-state index in [0.717, 1.165) is 0 Å². The second-order valence-electron chi connectivity index (χ2n) is 3.96. The number of nitrogens with zero attached hydrogens (tertiary/aromatic N) is 1. The lowest BCUT2D eigenvalue weighted by Crippen LogP contribution is -2.37. The first-order chi connectivity index (χ1) is 8.58. The minimum Gasteiger partial charge on any atom is -0.394 e. The fourth-order valence-corrected chi connectivity index (χ4v) is 2.12. The summed E-state index contributed by atoms with van der Waals surface area (Å²) in [6.45, 7) is -0.352. The van der Waals surface area contributed by atoms with Crippen molar-refractivity contribution in [2.75, 3.05) is 13.7 Å². The number of hydrogen-bond acceptors (Lipinski definition) is 6. The monoisotopic (exact) mass is 274 g/mol. The van der Waals surface area contributed by atoms with E-state index in [-0.39, 0.29) is 6.61 Å². The topological polar surface area (TPSA) is 96.7 Å². The number of aromatic amines is 1. The molecule has 0 aromatic carbocycles. The van der Waals surface area contributed by atoms with Crippen LogP contribution in [0.3, 0.4) is 0 Å². The second kappa shape index (κ2) is 5.29. The summed E-state index contributed by atoms with van der Waals surface area (Å²) in [7, 11) is 1.40. The molecule has 2 heterocycles. The summed E-state index contributed by atoms with van der Waals surface area (Å²) < 4.78 is 12.1. The van der Waals surface area contributed by atoms with Crippen molar-refractivity contribution >= 4 is 12.2 Å². The van der Waals surface area contributed by atoms with Crippen LogP contribution in [0.2, 0.25) is 0 Å². The summed E-state index contributed by atoms with van der Waals surface area (Å²) in [4.78, 5) is 14.2. The summed E-state index contributed by atoms with van der Waals surface area (Å²) >= 11 is 4.83. The number of nitrogens with one attached hydrogen (secondary N) is 1. The van der Waals surface area contributed by atoms with Gasteiger partial charge in [0.1, 0.15) is 23.0 Å². The van der Waals surface area contributed by atoms with Gasteiger partial charge < -0.3 is 19.7 Å². The predicted octanol–water partition coefficient (Wildman–Crippen LogP) is -0.829. The smallest absolute Gasteiger partial charge is 0.328 e. The molecular formula is C10H14N2O5S. The largest absolute Gasteiger partial charge is 0.394 e. The van der Waals surface area contributed by atoms with E-state index < -0.39 is 30.2 Å². The standard InChI is InChI=1S/C10H14N2O5S/c1-16-8-7(14)5(4-13)17-9(8)12-3-2-6(18)11-10(12)15/h2-3,5,7-9,13-14H,4H2,1H3,(H,11,15,18)/t5-,7-,8-,9-/m1/s1. The number of methoxy groups -OCH3 is 1. The summed E-state index contributed by atoms with van der Waals surface area (Å²) in [5.41, 5.74) is -0.458. The highest BCUT2D eigenvalue weighted by Gasteiger charge is 2.44. The third kappa shape index (κ3) is 2.25. The molecule has 100 valence electrons. The van der Waals surface area contributed by atoms with Crippen LogP contribution in [0, 0.1) is 4.64 Å². The van der Waals surface area contributed by atoms with E-state index in [2.05, 4.69) is 4.98 Å². The van der Waals surface area contributed by atoms with Gasteiger partial charge in [-0.1, -0.05) is 12.2 Å². The molecule has 7 nitrogen and oxygen atoms in total. The van der Waals surface area contributed by atoms with E-state index in [1.807, 2.05) is 0 Å². The summed E-state index contributed by atoms with van der Waals surface area (Å²) in [5.74, 6) is 0. The molecule has 0 spiro atoms. The highest BCUT2D eigenvalue weighted by atomic mass is 32.1. The van der Waals surface area contributed by atoms with Crippen LogP contribution in [-0.4, -0.2) is 51.8 Å². The SMILES string of the molecule is CO[C@@H]1[C@H](O)[C@@H](CO)O[C@H]1n1ccc(=S)[nH]c1=O. The van der Waals surface area contributed by atoms with Crippen molar-refractivity contribution in [3.63, 3.8) is 0 Å². The summed E-state index contributed by atoms with van der Waals surface area (Å²) in [5, 5.41) is 18.9. The summed E-state index contributed by atoms with van der Waals surface area (Å²) in [6, 6.07) is 1.53. The molecule has 0 bridgehead atoms. The van der Waals surface area contributed by atoms with Crippen molar-refractivity contribution in [2.45, 2.75) is 24.5 Å². The molecule has 0 saturated carbocycles. The average Bonchev–Trinajstić information content (AvgIpc) is 2.65. The molecule has 2 rings (SSSR count). The number of aromatic nitrogens is 2. The molecule has 8 heteroatoms. The van der Waals surface area contributed by atoms with Crippen LogP contribution in [0.25, 0.3) is 0 Å². The average molecular weight is 274 g/mol. The van der Waals surface area contributed by atoms with Gasteiger partial charge in [0.25, 0.3) is 0 Å². The van der Waals surface area contributed by atoms with Crippen molar-refractivity contribution in [2.24, 2.45) is 0 Å². The van der Waals surface area contributed by atoms with Gasteiger partial charge in [0.15, 0.2) is 6.23 Å². The number of aliphatic hydroxyl groups excluding tert-OH is 2. The number of hydrogen-bond donors (Lipinski definition) is 3. The van der Waals surface area contributed by atoms with Crippen molar-refractivity contribution in [1.82, 2.24) is 9.55 Å². The molecule has 1 aromatic heterocycles. The Hall–Kier alpha value is -1.06. The Balaban J connectivity index is 2.38. The molecule has 0 unspecified atom stereocenters. The van der Waals surface area contributed by atoms with E-state index >= 15 is 0 Å². The molecule has 1 saturated heterocycles. The number of aliphatic hydroxyl groups is 2. The first kappa shape index (κ1) is 13.4. The van der Waals surface area contributed by atoms with Crippen molar-refractivity contribution < 1.29 is 19.7 Å². The normalized spacial score (nSPS) is 31.7. The van der Waals surface area contributed by atoms with Crippen LogP contribution in [0.1, 0.15) is 6.23 Å².